The van der Waals surface area contributed by atoms with Gasteiger partial charge in [-0.3, -0.25) is 0 Å². The Hall–Kier alpha value is -0.870. The molecule has 2 fully saturated rings. The predicted octanol–water partition coefficient (Wildman–Crippen LogP) is 1.16. The largest absolute Gasteiger partial charge is 0.446 e. The molecule has 4 nitrogen and oxygen atoms in total. The Morgan fingerprint density at radius 2 is 2.00 bits per heavy atom. The fraction of sp³-hybridized carbons (Fsp3) is 0.727. The third-order valence-corrected chi connectivity index (χ3v) is 3.50. The van der Waals surface area contributed by atoms with Crippen LogP contribution in [0, 0.1) is 0 Å². The molecule has 0 aromatic rings. The first-order chi connectivity index (χ1) is 7.18. The Labute approximate surface area is 88.2 Å². The summed E-state index contributed by atoms with van der Waals surface area (Å²) in [5.41, 5.74) is 0.0142. The van der Waals surface area contributed by atoms with Crippen LogP contribution in [-0.2, 0) is 19.0 Å². The first-order valence-electron chi connectivity index (χ1n) is 5.38. The van der Waals surface area contributed by atoms with Crippen molar-refractivity contribution < 1.29 is 19.0 Å². The van der Waals surface area contributed by atoms with E-state index in [0.29, 0.717) is 18.8 Å². The molecule has 82 valence electrons. The van der Waals surface area contributed by atoms with Crippen molar-refractivity contribution in [3.05, 3.63) is 11.6 Å². The third-order valence-electron chi connectivity index (χ3n) is 3.50. The van der Waals surface area contributed by atoms with Crippen molar-refractivity contribution in [1.82, 2.24) is 0 Å². The number of fused-ring (bicyclic) bond motifs is 1. The van der Waals surface area contributed by atoms with Gasteiger partial charge in [0.15, 0.2) is 5.60 Å². The van der Waals surface area contributed by atoms with Gasteiger partial charge >= 0.3 is 5.97 Å². The summed E-state index contributed by atoms with van der Waals surface area (Å²) in [5.74, 6) is -0.934. The lowest BCUT2D eigenvalue weighted by atomic mass is 9.95. The summed E-state index contributed by atoms with van der Waals surface area (Å²) in [6.45, 7) is 2.95. The zero-order valence-corrected chi connectivity index (χ0v) is 8.75. The highest BCUT2D eigenvalue weighted by atomic mass is 16.8. The van der Waals surface area contributed by atoms with Gasteiger partial charge in [-0.15, -0.1) is 0 Å². The molecular formula is C11H14O4. The Bertz CT molecular complexity index is 335. The Kier molecular flexibility index (Phi) is 1.77. The predicted molar refractivity (Wildman–Crippen MR) is 51.1 cm³/mol. The van der Waals surface area contributed by atoms with E-state index in [4.69, 9.17) is 14.2 Å². The number of hydrogen-bond acceptors (Lipinski definition) is 4. The molecule has 2 aliphatic heterocycles. The molecule has 1 aliphatic carbocycles. The average molecular weight is 210 g/mol. The minimum Gasteiger partial charge on any atom is -0.446 e. The van der Waals surface area contributed by atoms with Gasteiger partial charge in [-0.2, -0.15) is 0 Å². The molecule has 0 radical (unpaired) electrons. The van der Waals surface area contributed by atoms with E-state index >= 15 is 0 Å². The normalized spacial score (nSPS) is 37.7. The molecule has 15 heavy (non-hydrogen) atoms. The van der Waals surface area contributed by atoms with Crippen molar-refractivity contribution >= 4 is 5.97 Å². The molecule has 2 spiro atoms. The number of ether oxygens (including phenoxy) is 3. The van der Waals surface area contributed by atoms with Crippen LogP contribution in [0.2, 0.25) is 0 Å². The van der Waals surface area contributed by atoms with Crippen molar-refractivity contribution in [1.29, 1.82) is 0 Å². The zero-order chi connectivity index (χ0) is 10.5. The molecule has 1 saturated carbocycles. The van der Waals surface area contributed by atoms with Crippen LogP contribution in [0.1, 0.15) is 26.2 Å². The van der Waals surface area contributed by atoms with Gasteiger partial charge < -0.3 is 14.2 Å². The van der Waals surface area contributed by atoms with Gasteiger partial charge in [0.25, 0.3) is 0 Å². The van der Waals surface area contributed by atoms with Gasteiger partial charge in [-0.1, -0.05) is 0 Å². The van der Waals surface area contributed by atoms with E-state index in [1.165, 1.54) is 0 Å². The first-order valence-corrected chi connectivity index (χ1v) is 5.38. The SMILES string of the molecule is CC1=CC2(CCCC23OCCO3)OC1=O. The minimum absolute atomic E-state index is 0.240. The fourth-order valence-electron chi connectivity index (χ4n) is 2.82. The van der Waals surface area contributed by atoms with Gasteiger partial charge in [0, 0.05) is 12.0 Å². The lowest BCUT2D eigenvalue weighted by Gasteiger charge is -2.35. The highest BCUT2D eigenvalue weighted by Gasteiger charge is 2.63. The van der Waals surface area contributed by atoms with E-state index < -0.39 is 11.4 Å². The Morgan fingerprint density at radius 3 is 2.60 bits per heavy atom. The molecule has 3 rings (SSSR count). The molecule has 1 unspecified atom stereocenters. The number of rotatable bonds is 0. The fourth-order valence-corrected chi connectivity index (χ4v) is 2.82. The summed E-state index contributed by atoms with van der Waals surface area (Å²) in [7, 11) is 0. The van der Waals surface area contributed by atoms with Crippen molar-refractivity contribution in [3.8, 4) is 0 Å². The maximum absolute atomic E-state index is 11.5. The van der Waals surface area contributed by atoms with E-state index in [9.17, 15) is 4.79 Å². The molecule has 1 atom stereocenters. The average Bonchev–Trinajstić information content (AvgIpc) is 2.84. The third kappa shape index (κ3) is 1.06. The molecule has 4 heteroatoms. The smallest absolute Gasteiger partial charge is 0.334 e. The van der Waals surface area contributed by atoms with E-state index in [1.54, 1.807) is 6.92 Å². The summed E-state index contributed by atoms with van der Waals surface area (Å²) in [5, 5.41) is 0. The van der Waals surface area contributed by atoms with Gasteiger partial charge in [0.2, 0.25) is 5.79 Å². The first kappa shape index (κ1) is 9.36. The van der Waals surface area contributed by atoms with Gasteiger partial charge in [-0.05, 0) is 25.8 Å². The van der Waals surface area contributed by atoms with Crippen LogP contribution in [0.3, 0.4) is 0 Å². The highest BCUT2D eigenvalue weighted by molar-refractivity contribution is 5.91. The maximum atomic E-state index is 11.5. The van der Waals surface area contributed by atoms with E-state index in [1.807, 2.05) is 6.08 Å². The molecule has 0 bridgehead atoms. The number of esters is 1. The zero-order valence-electron chi connectivity index (χ0n) is 8.75. The lowest BCUT2D eigenvalue weighted by molar-refractivity contribution is -0.240. The second-order valence-electron chi connectivity index (χ2n) is 4.41. The quantitative estimate of drug-likeness (QED) is 0.563. The van der Waals surface area contributed by atoms with Crippen LogP contribution >= 0.6 is 0 Å². The van der Waals surface area contributed by atoms with Gasteiger partial charge in [0.05, 0.1) is 13.2 Å². The van der Waals surface area contributed by atoms with Crippen LogP contribution in [0.5, 0.6) is 0 Å². The molecule has 0 N–H and O–H groups in total. The lowest BCUT2D eigenvalue weighted by Crippen LogP contribution is -2.50. The molecule has 1 saturated heterocycles. The van der Waals surface area contributed by atoms with Crippen LogP contribution in [0.15, 0.2) is 11.6 Å². The summed E-state index contributed by atoms with van der Waals surface area (Å²) in [6, 6.07) is 0. The minimum atomic E-state index is -0.694. The van der Waals surface area contributed by atoms with Crippen molar-refractivity contribution in [2.75, 3.05) is 13.2 Å². The molecule has 0 aromatic carbocycles. The van der Waals surface area contributed by atoms with E-state index in [-0.39, 0.29) is 5.97 Å². The van der Waals surface area contributed by atoms with Crippen molar-refractivity contribution in [3.63, 3.8) is 0 Å². The molecule has 0 amide bonds. The molecule has 0 aromatic heterocycles. The van der Waals surface area contributed by atoms with Crippen LogP contribution in [0.4, 0.5) is 0 Å². The number of carbonyl (C=O) groups is 1. The van der Waals surface area contributed by atoms with Gasteiger partial charge in [0.1, 0.15) is 0 Å². The van der Waals surface area contributed by atoms with Crippen LogP contribution in [0.25, 0.3) is 0 Å². The summed E-state index contributed by atoms with van der Waals surface area (Å²) >= 11 is 0. The summed E-state index contributed by atoms with van der Waals surface area (Å²) in [6.07, 6.45) is 4.46. The Balaban J connectivity index is 2.01. The number of carbonyl (C=O) groups excluding carboxylic acids is 1. The second kappa shape index (κ2) is 2.83. The monoisotopic (exact) mass is 210 g/mol. The standard InChI is InChI=1S/C11H14O4/c1-8-7-10(15-9(8)12)3-2-4-11(10)13-5-6-14-11/h7H,2-6H2,1H3. The van der Waals surface area contributed by atoms with E-state index in [0.717, 1.165) is 19.3 Å². The Morgan fingerprint density at radius 1 is 1.27 bits per heavy atom. The summed E-state index contributed by atoms with van der Waals surface area (Å²) < 4.78 is 16.9. The summed E-state index contributed by atoms with van der Waals surface area (Å²) in [4.78, 5) is 11.5. The van der Waals surface area contributed by atoms with Gasteiger partial charge in [-0.25, -0.2) is 4.79 Å². The highest BCUT2D eigenvalue weighted by Crippen LogP contribution is 2.51. The van der Waals surface area contributed by atoms with Crippen LogP contribution < -0.4 is 0 Å². The molecule has 2 heterocycles. The molecular weight excluding hydrogens is 196 g/mol. The molecule has 3 aliphatic rings. The van der Waals surface area contributed by atoms with E-state index in [2.05, 4.69) is 0 Å². The second-order valence-corrected chi connectivity index (χ2v) is 4.41. The maximum Gasteiger partial charge on any atom is 0.334 e. The topological polar surface area (TPSA) is 44.8 Å². The van der Waals surface area contributed by atoms with Crippen molar-refractivity contribution in [2.45, 2.75) is 37.6 Å². The number of hydrogen-bond donors (Lipinski definition) is 0. The van der Waals surface area contributed by atoms with Crippen LogP contribution in [-0.4, -0.2) is 30.6 Å². The van der Waals surface area contributed by atoms with Crippen molar-refractivity contribution in [2.24, 2.45) is 0 Å².